The molecule has 37 heavy (non-hydrogen) atoms. The van der Waals surface area contributed by atoms with Gasteiger partial charge in [-0.15, -0.1) is 0 Å². The van der Waals surface area contributed by atoms with Gasteiger partial charge in [0.2, 0.25) is 17.7 Å². The highest BCUT2D eigenvalue weighted by atomic mass is 16.6. The number of nitrogens with one attached hydrogen (secondary N) is 4. The van der Waals surface area contributed by atoms with Crippen LogP contribution in [-0.4, -0.2) is 60.4 Å². The first-order valence-corrected chi connectivity index (χ1v) is 12.6. The molecule has 0 aliphatic heterocycles. The number of benzene rings is 1. The van der Waals surface area contributed by atoms with Gasteiger partial charge in [-0.05, 0) is 44.6 Å². The standard InChI is InChI=1S/C27H42N4O6/c1-17(2)15-20(30-25(35)22(18(3)4)31-26(36)37-27(5,6)7)24(34)29-21(23(33)28-13-14-32)16-19-11-9-8-10-12-19/h8-12,14,17-18,20-22H,13,15-16H2,1-7H3,(H,28,33)(H,29,34)(H,30,35)(H,31,36)/t20-,21-,22-/m0/s1. The smallest absolute Gasteiger partial charge is 0.408 e. The Hall–Kier alpha value is -3.43. The minimum Gasteiger partial charge on any atom is -0.444 e. The van der Waals surface area contributed by atoms with Crippen LogP contribution in [0.1, 0.15) is 60.5 Å². The van der Waals surface area contributed by atoms with Crippen molar-refractivity contribution in [1.29, 1.82) is 0 Å². The summed E-state index contributed by atoms with van der Waals surface area (Å²) in [7, 11) is 0. The second-order valence-corrected chi connectivity index (χ2v) is 10.7. The summed E-state index contributed by atoms with van der Waals surface area (Å²) < 4.78 is 5.27. The summed E-state index contributed by atoms with van der Waals surface area (Å²) in [4.78, 5) is 62.2. The Morgan fingerprint density at radius 3 is 1.97 bits per heavy atom. The second-order valence-electron chi connectivity index (χ2n) is 10.7. The van der Waals surface area contributed by atoms with Crippen molar-refractivity contribution in [1.82, 2.24) is 21.3 Å². The molecule has 0 spiro atoms. The van der Waals surface area contributed by atoms with Crippen molar-refractivity contribution in [3.8, 4) is 0 Å². The largest absolute Gasteiger partial charge is 0.444 e. The Kier molecular flexibility index (Phi) is 12.8. The maximum absolute atomic E-state index is 13.3. The molecule has 1 aromatic rings. The Labute approximate surface area is 219 Å². The lowest BCUT2D eigenvalue weighted by atomic mass is 9.99. The number of rotatable bonds is 13. The van der Waals surface area contributed by atoms with E-state index in [1.165, 1.54) is 0 Å². The SMILES string of the molecule is CC(C)C[C@H](NC(=O)[C@@H](NC(=O)OC(C)(C)C)C(C)C)C(=O)N[C@@H](Cc1ccccc1)C(=O)NCC=O. The molecule has 4 amide bonds. The van der Waals surface area contributed by atoms with E-state index < -0.39 is 47.5 Å². The van der Waals surface area contributed by atoms with Crippen LogP contribution in [0.15, 0.2) is 30.3 Å². The van der Waals surface area contributed by atoms with Crippen LogP contribution >= 0.6 is 0 Å². The van der Waals surface area contributed by atoms with Crippen molar-refractivity contribution >= 4 is 30.1 Å². The summed E-state index contributed by atoms with van der Waals surface area (Å²) >= 11 is 0. The van der Waals surface area contributed by atoms with Gasteiger partial charge in [-0.2, -0.15) is 0 Å². The molecule has 0 saturated carbocycles. The van der Waals surface area contributed by atoms with Gasteiger partial charge in [0.15, 0.2) is 0 Å². The molecule has 3 atom stereocenters. The first kappa shape index (κ1) is 31.6. The highest BCUT2D eigenvalue weighted by Crippen LogP contribution is 2.11. The zero-order valence-electron chi connectivity index (χ0n) is 22.9. The van der Waals surface area contributed by atoms with E-state index in [0.29, 0.717) is 12.7 Å². The predicted octanol–water partition coefficient (Wildman–Crippen LogP) is 2.11. The summed E-state index contributed by atoms with van der Waals surface area (Å²) in [5, 5.41) is 10.5. The highest BCUT2D eigenvalue weighted by molar-refractivity contribution is 5.94. The molecular weight excluding hydrogens is 476 g/mol. The van der Waals surface area contributed by atoms with E-state index in [2.05, 4.69) is 21.3 Å². The summed E-state index contributed by atoms with van der Waals surface area (Å²) in [6, 6.07) is 6.30. The number of hydrogen-bond acceptors (Lipinski definition) is 6. The number of ether oxygens (including phenoxy) is 1. The molecule has 0 fully saturated rings. The van der Waals surface area contributed by atoms with E-state index >= 15 is 0 Å². The average Bonchev–Trinajstić information content (AvgIpc) is 2.79. The van der Waals surface area contributed by atoms with Crippen molar-refractivity contribution < 1.29 is 28.7 Å². The Morgan fingerprint density at radius 1 is 0.865 bits per heavy atom. The topological polar surface area (TPSA) is 143 Å². The molecule has 0 aromatic heterocycles. The molecule has 0 aliphatic carbocycles. The molecule has 10 nitrogen and oxygen atoms in total. The minimum absolute atomic E-state index is 0.0452. The maximum Gasteiger partial charge on any atom is 0.408 e. The zero-order valence-corrected chi connectivity index (χ0v) is 22.9. The van der Waals surface area contributed by atoms with Gasteiger partial charge in [0.1, 0.15) is 30.0 Å². The summed E-state index contributed by atoms with van der Waals surface area (Å²) in [6.45, 7) is 12.3. The molecule has 0 saturated heterocycles. The number of carbonyl (C=O) groups is 5. The van der Waals surface area contributed by atoms with E-state index in [9.17, 15) is 24.0 Å². The fourth-order valence-electron chi connectivity index (χ4n) is 3.53. The van der Waals surface area contributed by atoms with Gasteiger partial charge < -0.3 is 30.8 Å². The van der Waals surface area contributed by atoms with Crippen molar-refractivity contribution in [2.75, 3.05) is 6.54 Å². The van der Waals surface area contributed by atoms with E-state index in [4.69, 9.17) is 4.74 Å². The summed E-state index contributed by atoms with van der Waals surface area (Å²) in [5.74, 6) is -1.82. The lowest BCUT2D eigenvalue weighted by Gasteiger charge is -2.28. The van der Waals surface area contributed by atoms with Gasteiger partial charge in [-0.25, -0.2) is 4.79 Å². The van der Waals surface area contributed by atoms with Gasteiger partial charge in [-0.3, -0.25) is 14.4 Å². The van der Waals surface area contributed by atoms with Gasteiger partial charge in [0, 0.05) is 6.42 Å². The molecule has 0 bridgehead atoms. The molecule has 4 N–H and O–H groups in total. The van der Waals surface area contributed by atoms with E-state index in [1.54, 1.807) is 34.6 Å². The third-order valence-corrected chi connectivity index (χ3v) is 5.24. The second kappa shape index (κ2) is 15.0. The fraction of sp³-hybridized carbons (Fsp3) is 0.593. The quantitative estimate of drug-likeness (QED) is 0.295. The molecule has 0 radical (unpaired) electrons. The number of aldehydes is 1. The van der Waals surface area contributed by atoms with Gasteiger partial charge in [0.25, 0.3) is 0 Å². The normalized spacial score (nSPS) is 13.8. The van der Waals surface area contributed by atoms with Crippen LogP contribution in [0, 0.1) is 11.8 Å². The van der Waals surface area contributed by atoms with Crippen molar-refractivity contribution in [2.24, 2.45) is 11.8 Å². The molecule has 1 aromatic carbocycles. The van der Waals surface area contributed by atoms with Gasteiger partial charge in [0.05, 0.1) is 6.54 Å². The molecule has 0 aliphatic rings. The molecule has 1 rings (SSSR count). The zero-order chi connectivity index (χ0) is 28.2. The first-order chi connectivity index (χ1) is 17.2. The van der Waals surface area contributed by atoms with Gasteiger partial charge >= 0.3 is 6.09 Å². The van der Waals surface area contributed by atoms with Gasteiger partial charge in [-0.1, -0.05) is 58.0 Å². The van der Waals surface area contributed by atoms with Crippen LogP contribution in [0.3, 0.4) is 0 Å². The lowest BCUT2D eigenvalue weighted by molar-refractivity contribution is -0.133. The average molecular weight is 519 g/mol. The summed E-state index contributed by atoms with van der Waals surface area (Å²) in [6.07, 6.45) is 0.336. The number of alkyl carbamates (subject to hydrolysis) is 1. The number of hydrogen-bond donors (Lipinski definition) is 4. The maximum atomic E-state index is 13.3. The minimum atomic E-state index is -0.956. The van der Waals surface area contributed by atoms with E-state index in [-0.39, 0.29) is 24.8 Å². The van der Waals surface area contributed by atoms with Crippen LogP contribution < -0.4 is 21.3 Å². The first-order valence-electron chi connectivity index (χ1n) is 12.6. The van der Waals surface area contributed by atoms with E-state index in [0.717, 1.165) is 5.56 Å². The fourth-order valence-corrected chi connectivity index (χ4v) is 3.53. The monoisotopic (exact) mass is 518 g/mol. The molecule has 0 unspecified atom stereocenters. The Bertz CT molecular complexity index is 911. The molecule has 206 valence electrons. The highest BCUT2D eigenvalue weighted by Gasteiger charge is 2.32. The van der Waals surface area contributed by atoms with Crippen molar-refractivity contribution in [2.45, 2.75) is 85.0 Å². The predicted molar refractivity (Wildman–Crippen MR) is 141 cm³/mol. The Balaban J connectivity index is 3.06. The van der Waals surface area contributed by atoms with Crippen molar-refractivity contribution in [3.05, 3.63) is 35.9 Å². The van der Waals surface area contributed by atoms with E-state index in [1.807, 2.05) is 44.2 Å². The number of carbonyl (C=O) groups excluding carboxylic acids is 5. The van der Waals surface area contributed by atoms with Crippen molar-refractivity contribution in [3.63, 3.8) is 0 Å². The van der Waals surface area contributed by atoms with Crippen LogP contribution in [-0.2, 0) is 30.3 Å². The Morgan fingerprint density at radius 2 is 1.46 bits per heavy atom. The molecular formula is C27H42N4O6. The van der Waals surface area contributed by atoms with Crippen LogP contribution in [0.4, 0.5) is 4.79 Å². The molecule has 0 heterocycles. The number of amides is 4. The van der Waals surface area contributed by atoms with Crippen LogP contribution in [0.25, 0.3) is 0 Å². The van der Waals surface area contributed by atoms with Crippen LogP contribution in [0.2, 0.25) is 0 Å². The molecule has 10 heteroatoms. The summed E-state index contributed by atoms with van der Waals surface area (Å²) in [5.41, 5.74) is 0.0836. The third kappa shape index (κ3) is 12.4. The third-order valence-electron chi connectivity index (χ3n) is 5.24. The van der Waals surface area contributed by atoms with Crippen LogP contribution in [0.5, 0.6) is 0 Å². The lowest BCUT2D eigenvalue weighted by Crippen LogP contribution is -2.58.